The Labute approximate surface area is 88.9 Å². The molecule has 0 unspecified atom stereocenters. The first-order valence-corrected chi connectivity index (χ1v) is 5.60. The van der Waals surface area contributed by atoms with Gasteiger partial charge in [0.25, 0.3) is 0 Å². The van der Waals surface area contributed by atoms with Gasteiger partial charge in [-0.3, -0.25) is 0 Å². The van der Waals surface area contributed by atoms with Crippen molar-refractivity contribution >= 4 is 11.8 Å². The number of hydrogen-bond donors (Lipinski definition) is 2. The number of aliphatic hydroxyl groups is 1. The van der Waals surface area contributed by atoms with E-state index in [-0.39, 0.29) is 6.61 Å². The third-order valence-electron chi connectivity index (χ3n) is 1.80. The van der Waals surface area contributed by atoms with E-state index >= 15 is 0 Å². The maximum atomic E-state index is 8.70. The molecule has 0 saturated heterocycles. The summed E-state index contributed by atoms with van der Waals surface area (Å²) >= 11 is 1.59. The number of nitrogens with zero attached hydrogens (tertiary/aromatic N) is 1. The average molecular weight is 212 g/mol. The van der Waals surface area contributed by atoms with Gasteiger partial charge in [-0.25, -0.2) is 4.98 Å². The van der Waals surface area contributed by atoms with Gasteiger partial charge in [-0.05, 0) is 25.1 Å². The van der Waals surface area contributed by atoms with Gasteiger partial charge in [-0.2, -0.15) is 0 Å². The van der Waals surface area contributed by atoms with E-state index in [0.29, 0.717) is 5.75 Å². The van der Waals surface area contributed by atoms with Gasteiger partial charge < -0.3 is 10.4 Å². The molecule has 2 N–H and O–H groups in total. The second-order valence-electron chi connectivity index (χ2n) is 3.07. The van der Waals surface area contributed by atoms with Gasteiger partial charge in [-0.1, -0.05) is 6.07 Å². The summed E-state index contributed by atoms with van der Waals surface area (Å²) in [5.41, 5.74) is 2.37. The van der Waals surface area contributed by atoms with Crippen molar-refractivity contribution in [1.29, 1.82) is 0 Å². The van der Waals surface area contributed by atoms with Crippen LogP contribution >= 0.6 is 11.8 Å². The maximum Gasteiger partial charge on any atom is 0.0990 e. The van der Waals surface area contributed by atoms with Gasteiger partial charge in [0.1, 0.15) is 0 Å². The highest BCUT2D eigenvalue weighted by Crippen LogP contribution is 2.19. The Morgan fingerprint density at radius 2 is 2.36 bits per heavy atom. The van der Waals surface area contributed by atoms with E-state index in [1.54, 1.807) is 11.8 Å². The first-order chi connectivity index (χ1) is 6.77. The van der Waals surface area contributed by atoms with Crippen LogP contribution in [0.2, 0.25) is 0 Å². The van der Waals surface area contributed by atoms with Crippen LogP contribution in [0.3, 0.4) is 0 Å². The highest BCUT2D eigenvalue weighted by molar-refractivity contribution is 7.99. The lowest BCUT2D eigenvalue weighted by atomic mass is 10.2. The standard InChI is InChI=1S/C10H16N2OS/c1-8-5-9(6-11-2)7-12-10(8)14-4-3-13/h5,7,11,13H,3-4,6H2,1-2H3. The van der Waals surface area contributed by atoms with E-state index in [2.05, 4.69) is 16.4 Å². The summed E-state index contributed by atoms with van der Waals surface area (Å²) in [4.78, 5) is 4.35. The molecule has 4 heteroatoms. The number of aryl methyl sites for hydroxylation is 1. The Morgan fingerprint density at radius 3 is 2.93 bits per heavy atom. The molecule has 1 heterocycles. The molecular formula is C10H16N2OS. The van der Waals surface area contributed by atoms with E-state index in [0.717, 1.165) is 11.6 Å². The number of aromatic nitrogens is 1. The van der Waals surface area contributed by atoms with Crippen molar-refractivity contribution in [2.45, 2.75) is 18.5 Å². The van der Waals surface area contributed by atoms with Crippen LogP contribution in [0.4, 0.5) is 0 Å². The van der Waals surface area contributed by atoms with Crippen molar-refractivity contribution in [1.82, 2.24) is 10.3 Å². The molecule has 1 aromatic rings. The molecule has 0 spiro atoms. The predicted molar refractivity (Wildman–Crippen MR) is 59.5 cm³/mol. The fourth-order valence-corrected chi connectivity index (χ4v) is 1.91. The zero-order valence-electron chi connectivity index (χ0n) is 8.58. The molecule has 0 bridgehead atoms. The van der Waals surface area contributed by atoms with E-state index in [1.165, 1.54) is 11.1 Å². The molecule has 0 aliphatic rings. The van der Waals surface area contributed by atoms with Gasteiger partial charge in [0, 0.05) is 18.5 Å². The fourth-order valence-electron chi connectivity index (χ4n) is 1.21. The summed E-state index contributed by atoms with van der Waals surface area (Å²) in [5.74, 6) is 0.708. The Kier molecular flexibility index (Phi) is 4.93. The summed E-state index contributed by atoms with van der Waals surface area (Å²) in [6.07, 6.45) is 1.88. The normalized spacial score (nSPS) is 10.5. The minimum absolute atomic E-state index is 0.198. The quantitative estimate of drug-likeness (QED) is 0.720. The molecule has 0 atom stereocenters. The maximum absolute atomic E-state index is 8.70. The summed E-state index contributed by atoms with van der Waals surface area (Å²) in [5, 5.41) is 12.8. The first-order valence-electron chi connectivity index (χ1n) is 4.61. The monoisotopic (exact) mass is 212 g/mol. The molecule has 0 aromatic carbocycles. The van der Waals surface area contributed by atoms with Crippen molar-refractivity contribution in [2.24, 2.45) is 0 Å². The molecule has 1 aromatic heterocycles. The van der Waals surface area contributed by atoms with Crippen LogP contribution in [0.5, 0.6) is 0 Å². The molecule has 14 heavy (non-hydrogen) atoms. The zero-order valence-corrected chi connectivity index (χ0v) is 9.40. The van der Waals surface area contributed by atoms with Crippen LogP contribution in [-0.4, -0.2) is 29.5 Å². The summed E-state index contributed by atoms with van der Waals surface area (Å²) < 4.78 is 0. The molecule has 0 fully saturated rings. The minimum Gasteiger partial charge on any atom is -0.396 e. The Bertz CT molecular complexity index is 291. The molecule has 0 aliphatic heterocycles. The van der Waals surface area contributed by atoms with Crippen molar-refractivity contribution < 1.29 is 5.11 Å². The predicted octanol–water partition coefficient (Wildman–Crippen LogP) is 1.19. The largest absolute Gasteiger partial charge is 0.396 e. The minimum atomic E-state index is 0.198. The van der Waals surface area contributed by atoms with Crippen molar-refractivity contribution in [2.75, 3.05) is 19.4 Å². The van der Waals surface area contributed by atoms with Crippen LogP contribution in [0.15, 0.2) is 17.3 Å². The highest BCUT2D eigenvalue weighted by atomic mass is 32.2. The van der Waals surface area contributed by atoms with Crippen molar-refractivity contribution in [3.8, 4) is 0 Å². The summed E-state index contributed by atoms with van der Waals surface area (Å²) in [7, 11) is 1.92. The van der Waals surface area contributed by atoms with E-state index in [4.69, 9.17) is 5.11 Å². The van der Waals surface area contributed by atoms with Crippen LogP contribution in [0.1, 0.15) is 11.1 Å². The molecule has 3 nitrogen and oxygen atoms in total. The van der Waals surface area contributed by atoms with Crippen LogP contribution in [-0.2, 0) is 6.54 Å². The lowest BCUT2D eigenvalue weighted by Crippen LogP contribution is -2.06. The second-order valence-corrected chi connectivity index (χ2v) is 4.15. The smallest absolute Gasteiger partial charge is 0.0990 e. The van der Waals surface area contributed by atoms with Gasteiger partial charge in [-0.15, -0.1) is 11.8 Å². The molecule has 0 saturated carbocycles. The molecule has 0 amide bonds. The van der Waals surface area contributed by atoms with Crippen LogP contribution in [0.25, 0.3) is 0 Å². The lowest BCUT2D eigenvalue weighted by molar-refractivity contribution is 0.322. The van der Waals surface area contributed by atoms with Crippen LogP contribution in [0, 0.1) is 6.92 Å². The lowest BCUT2D eigenvalue weighted by Gasteiger charge is -2.06. The Balaban J connectivity index is 2.68. The third kappa shape index (κ3) is 3.29. The van der Waals surface area contributed by atoms with Crippen molar-refractivity contribution in [3.05, 3.63) is 23.4 Å². The number of aliphatic hydroxyl groups excluding tert-OH is 1. The SMILES string of the molecule is CNCc1cnc(SCCO)c(C)c1. The van der Waals surface area contributed by atoms with Crippen molar-refractivity contribution in [3.63, 3.8) is 0 Å². The molecule has 0 radical (unpaired) electrons. The van der Waals surface area contributed by atoms with Gasteiger partial charge in [0.2, 0.25) is 0 Å². The first kappa shape index (κ1) is 11.5. The molecular weight excluding hydrogens is 196 g/mol. The van der Waals surface area contributed by atoms with E-state index in [1.807, 2.05) is 20.2 Å². The van der Waals surface area contributed by atoms with Gasteiger partial charge in [0.05, 0.1) is 11.6 Å². The van der Waals surface area contributed by atoms with Gasteiger partial charge >= 0.3 is 0 Å². The topological polar surface area (TPSA) is 45.2 Å². The van der Waals surface area contributed by atoms with E-state index < -0.39 is 0 Å². The number of nitrogens with one attached hydrogen (secondary N) is 1. The Morgan fingerprint density at radius 1 is 1.57 bits per heavy atom. The van der Waals surface area contributed by atoms with Crippen LogP contribution < -0.4 is 5.32 Å². The molecule has 78 valence electrons. The summed E-state index contributed by atoms with van der Waals surface area (Å²) in [6.45, 7) is 3.09. The third-order valence-corrected chi connectivity index (χ3v) is 2.89. The van der Waals surface area contributed by atoms with E-state index in [9.17, 15) is 0 Å². The number of pyridine rings is 1. The Hall–Kier alpha value is -0.580. The number of hydrogen-bond acceptors (Lipinski definition) is 4. The average Bonchev–Trinajstić information content (AvgIpc) is 2.17. The highest BCUT2D eigenvalue weighted by Gasteiger charge is 2.01. The number of rotatable bonds is 5. The second kappa shape index (κ2) is 6.01. The number of thioether (sulfide) groups is 1. The molecule has 1 rings (SSSR count). The zero-order chi connectivity index (χ0) is 10.4. The summed E-state index contributed by atoms with van der Waals surface area (Å²) in [6, 6.07) is 2.13. The molecule has 0 aliphatic carbocycles. The fraction of sp³-hybridized carbons (Fsp3) is 0.500. The van der Waals surface area contributed by atoms with Gasteiger partial charge in [0.15, 0.2) is 0 Å².